The Kier molecular flexibility index (Phi) is 5.47. The number of benzene rings is 2. The van der Waals surface area contributed by atoms with Crippen LogP contribution in [0.5, 0.6) is 5.75 Å². The highest BCUT2D eigenvalue weighted by Gasteiger charge is 2.47. The summed E-state index contributed by atoms with van der Waals surface area (Å²) in [6.07, 6.45) is 0.569. The minimum atomic E-state index is -0.286. The van der Waals surface area contributed by atoms with Crippen molar-refractivity contribution in [2.75, 3.05) is 12.4 Å². The molecule has 2 N–H and O–H groups in total. The van der Waals surface area contributed by atoms with Crippen LogP contribution in [0.2, 0.25) is 5.02 Å². The summed E-state index contributed by atoms with van der Waals surface area (Å²) in [5.41, 5.74) is 2.58. The quantitative estimate of drug-likeness (QED) is 0.814. The summed E-state index contributed by atoms with van der Waals surface area (Å²) < 4.78 is 5.11. The third-order valence-corrected chi connectivity index (χ3v) is 4.94. The van der Waals surface area contributed by atoms with Gasteiger partial charge < -0.3 is 15.4 Å². The average Bonchev–Trinajstić information content (AvgIpc) is 3.44. The Hall–Kier alpha value is -2.53. The Morgan fingerprint density at radius 3 is 2.46 bits per heavy atom. The highest BCUT2D eigenvalue weighted by atomic mass is 35.5. The molecule has 1 saturated carbocycles. The molecule has 1 fully saturated rings. The molecule has 1 aliphatic carbocycles. The Bertz CT molecular complexity index is 820. The molecule has 2 unspecified atom stereocenters. The first-order valence-corrected chi connectivity index (χ1v) is 8.83. The SMILES string of the molecule is COc1ccc(CNC(=O)C2CC2C(=O)Nc2ccc(C)c(Cl)c2)cc1. The number of carbonyl (C=O) groups is 2. The van der Waals surface area contributed by atoms with Crippen LogP contribution in [-0.2, 0) is 16.1 Å². The van der Waals surface area contributed by atoms with Crippen molar-refractivity contribution in [2.24, 2.45) is 11.8 Å². The van der Waals surface area contributed by atoms with E-state index in [1.165, 1.54) is 0 Å². The van der Waals surface area contributed by atoms with Crippen LogP contribution in [0.3, 0.4) is 0 Å². The molecule has 0 radical (unpaired) electrons. The molecule has 0 saturated heterocycles. The van der Waals surface area contributed by atoms with Crippen LogP contribution in [0.15, 0.2) is 42.5 Å². The summed E-state index contributed by atoms with van der Waals surface area (Å²) in [6.45, 7) is 2.33. The molecule has 3 rings (SSSR count). The van der Waals surface area contributed by atoms with Crippen molar-refractivity contribution in [1.29, 1.82) is 0 Å². The van der Waals surface area contributed by atoms with Gasteiger partial charge in [-0.25, -0.2) is 0 Å². The number of rotatable bonds is 6. The Labute approximate surface area is 157 Å². The molecule has 0 spiro atoms. The molecule has 0 aromatic heterocycles. The third-order valence-electron chi connectivity index (χ3n) is 4.53. The van der Waals surface area contributed by atoms with Crippen LogP contribution < -0.4 is 15.4 Å². The molecule has 0 aliphatic heterocycles. The summed E-state index contributed by atoms with van der Waals surface area (Å²) in [6, 6.07) is 12.9. The van der Waals surface area contributed by atoms with Gasteiger partial charge in [0.2, 0.25) is 11.8 Å². The highest BCUT2D eigenvalue weighted by Crippen LogP contribution is 2.39. The Balaban J connectivity index is 1.48. The van der Waals surface area contributed by atoms with Gasteiger partial charge in [-0.3, -0.25) is 9.59 Å². The van der Waals surface area contributed by atoms with E-state index in [2.05, 4.69) is 10.6 Å². The molecule has 136 valence electrons. The minimum Gasteiger partial charge on any atom is -0.497 e. The fourth-order valence-electron chi connectivity index (χ4n) is 2.74. The van der Waals surface area contributed by atoms with E-state index < -0.39 is 0 Å². The number of methoxy groups -OCH3 is 1. The van der Waals surface area contributed by atoms with E-state index in [1.54, 1.807) is 19.2 Å². The molecule has 0 bridgehead atoms. The van der Waals surface area contributed by atoms with Gasteiger partial charge in [0.05, 0.1) is 18.9 Å². The van der Waals surface area contributed by atoms with Gasteiger partial charge in [-0.2, -0.15) is 0 Å². The number of anilines is 1. The number of carbonyl (C=O) groups excluding carboxylic acids is 2. The monoisotopic (exact) mass is 372 g/mol. The second-order valence-corrected chi connectivity index (χ2v) is 6.87. The van der Waals surface area contributed by atoms with E-state index in [0.29, 0.717) is 23.7 Å². The van der Waals surface area contributed by atoms with E-state index in [0.717, 1.165) is 16.9 Å². The molecule has 6 heteroatoms. The molecular weight excluding hydrogens is 352 g/mol. The molecule has 0 heterocycles. The van der Waals surface area contributed by atoms with Crippen LogP contribution >= 0.6 is 11.6 Å². The molecule has 26 heavy (non-hydrogen) atoms. The summed E-state index contributed by atoms with van der Waals surface area (Å²) in [5, 5.41) is 6.31. The largest absolute Gasteiger partial charge is 0.497 e. The lowest BCUT2D eigenvalue weighted by Crippen LogP contribution is -2.27. The van der Waals surface area contributed by atoms with Gasteiger partial charge in [-0.15, -0.1) is 0 Å². The molecule has 2 aromatic carbocycles. The maximum absolute atomic E-state index is 12.3. The van der Waals surface area contributed by atoms with Gasteiger partial charge in [-0.1, -0.05) is 29.8 Å². The summed E-state index contributed by atoms with van der Waals surface area (Å²) in [4.78, 5) is 24.5. The highest BCUT2D eigenvalue weighted by molar-refractivity contribution is 6.31. The van der Waals surface area contributed by atoms with Crippen LogP contribution in [0.1, 0.15) is 17.5 Å². The number of hydrogen-bond acceptors (Lipinski definition) is 3. The fourth-order valence-corrected chi connectivity index (χ4v) is 2.92. The number of ether oxygens (including phenoxy) is 1. The predicted octanol–water partition coefficient (Wildman–Crippen LogP) is 3.55. The number of amides is 2. The lowest BCUT2D eigenvalue weighted by molar-refractivity contribution is -0.125. The standard InChI is InChI=1S/C20H21ClN2O3/c1-12-3-6-14(9-18(12)21)23-20(25)17-10-16(17)19(24)22-11-13-4-7-15(26-2)8-5-13/h3-9,16-17H,10-11H2,1-2H3,(H,22,24)(H,23,25). The van der Waals surface area contributed by atoms with E-state index in [1.807, 2.05) is 37.3 Å². The molecule has 5 nitrogen and oxygen atoms in total. The topological polar surface area (TPSA) is 67.4 Å². The van der Waals surface area contributed by atoms with Gasteiger partial charge in [0.15, 0.2) is 0 Å². The zero-order valence-electron chi connectivity index (χ0n) is 14.7. The summed E-state index contributed by atoms with van der Waals surface area (Å²) >= 11 is 6.07. The lowest BCUT2D eigenvalue weighted by atomic mass is 10.2. The molecule has 2 amide bonds. The van der Waals surface area contributed by atoms with Crippen LogP contribution in [0, 0.1) is 18.8 Å². The molecule has 2 aromatic rings. The van der Waals surface area contributed by atoms with Crippen LogP contribution in [-0.4, -0.2) is 18.9 Å². The van der Waals surface area contributed by atoms with Crippen molar-refractivity contribution in [2.45, 2.75) is 19.9 Å². The average molecular weight is 373 g/mol. The minimum absolute atomic E-state index is 0.0945. The Morgan fingerprint density at radius 1 is 1.12 bits per heavy atom. The second kappa shape index (κ2) is 7.79. The number of halogens is 1. The van der Waals surface area contributed by atoms with E-state index in [4.69, 9.17) is 16.3 Å². The van der Waals surface area contributed by atoms with Gasteiger partial charge in [0, 0.05) is 17.3 Å². The molecule has 2 atom stereocenters. The van der Waals surface area contributed by atoms with Crippen molar-refractivity contribution in [3.05, 3.63) is 58.6 Å². The van der Waals surface area contributed by atoms with Crippen molar-refractivity contribution in [3.8, 4) is 5.75 Å². The number of hydrogen-bond donors (Lipinski definition) is 2. The lowest BCUT2D eigenvalue weighted by Gasteiger charge is -2.08. The maximum Gasteiger partial charge on any atom is 0.228 e. The third kappa shape index (κ3) is 4.35. The first-order chi connectivity index (χ1) is 12.5. The molecular formula is C20H21ClN2O3. The number of nitrogens with one attached hydrogen (secondary N) is 2. The summed E-state index contributed by atoms with van der Waals surface area (Å²) in [7, 11) is 1.61. The fraction of sp³-hybridized carbons (Fsp3) is 0.300. The summed E-state index contributed by atoms with van der Waals surface area (Å²) in [5.74, 6) is -0.0206. The van der Waals surface area contributed by atoms with Crippen molar-refractivity contribution < 1.29 is 14.3 Å². The van der Waals surface area contributed by atoms with Crippen molar-refractivity contribution in [1.82, 2.24) is 5.32 Å². The van der Waals surface area contributed by atoms with Crippen molar-refractivity contribution in [3.63, 3.8) is 0 Å². The second-order valence-electron chi connectivity index (χ2n) is 6.47. The van der Waals surface area contributed by atoms with Crippen LogP contribution in [0.4, 0.5) is 5.69 Å². The van der Waals surface area contributed by atoms with E-state index in [-0.39, 0.29) is 23.7 Å². The normalized spacial score (nSPS) is 18.1. The predicted molar refractivity (Wildman–Crippen MR) is 101 cm³/mol. The van der Waals surface area contributed by atoms with Gasteiger partial charge >= 0.3 is 0 Å². The Morgan fingerprint density at radius 2 is 1.81 bits per heavy atom. The zero-order chi connectivity index (χ0) is 18.7. The van der Waals surface area contributed by atoms with E-state index in [9.17, 15) is 9.59 Å². The first-order valence-electron chi connectivity index (χ1n) is 8.45. The molecule has 1 aliphatic rings. The van der Waals surface area contributed by atoms with Gasteiger partial charge in [0.1, 0.15) is 5.75 Å². The van der Waals surface area contributed by atoms with Crippen molar-refractivity contribution >= 4 is 29.1 Å². The maximum atomic E-state index is 12.3. The first kappa shape index (κ1) is 18.3. The van der Waals surface area contributed by atoms with E-state index >= 15 is 0 Å². The zero-order valence-corrected chi connectivity index (χ0v) is 15.5. The van der Waals surface area contributed by atoms with Crippen LogP contribution in [0.25, 0.3) is 0 Å². The smallest absolute Gasteiger partial charge is 0.228 e. The number of aryl methyl sites for hydroxylation is 1. The van der Waals surface area contributed by atoms with Gasteiger partial charge in [0.25, 0.3) is 0 Å². The van der Waals surface area contributed by atoms with Gasteiger partial charge in [-0.05, 0) is 48.7 Å².